The zero-order chi connectivity index (χ0) is 12.3. The highest BCUT2D eigenvalue weighted by Crippen LogP contribution is 2.20. The van der Waals surface area contributed by atoms with Gasteiger partial charge in [0.05, 0.1) is 6.17 Å². The lowest BCUT2D eigenvalue weighted by atomic mass is 10.6. The van der Waals surface area contributed by atoms with E-state index in [2.05, 4.69) is 17.1 Å². The van der Waals surface area contributed by atoms with E-state index in [1.54, 1.807) is 0 Å². The van der Waals surface area contributed by atoms with Crippen molar-refractivity contribution in [2.24, 2.45) is 0 Å². The summed E-state index contributed by atoms with van der Waals surface area (Å²) in [5.74, 6) is 0. The standard InChI is InChI=1S/C5H10N2.CHF3O3S/c1-5-6-3-4-7(5)2;2-1(3,4)8(5,6)7/h3-6H,1-2H3;(H,5,6,7). The molecule has 0 aromatic heterocycles. The summed E-state index contributed by atoms with van der Waals surface area (Å²) < 4.78 is 57.5. The number of hydrogen-bond donors (Lipinski definition) is 2. The van der Waals surface area contributed by atoms with Gasteiger partial charge in [0.25, 0.3) is 0 Å². The minimum absolute atomic E-state index is 0.486. The fraction of sp³-hybridized carbons (Fsp3) is 0.667. The van der Waals surface area contributed by atoms with Gasteiger partial charge in [0, 0.05) is 19.4 Å². The summed E-state index contributed by atoms with van der Waals surface area (Å²) in [6, 6.07) is 0. The summed E-state index contributed by atoms with van der Waals surface area (Å²) in [7, 11) is -3.80. The molecule has 1 aliphatic heterocycles. The zero-order valence-electron chi connectivity index (χ0n) is 7.99. The number of nitrogens with zero attached hydrogens (tertiary/aromatic N) is 1. The summed E-state index contributed by atoms with van der Waals surface area (Å²) in [5.41, 5.74) is -5.53. The van der Waals surface area contributed by atoms with Crippen LogP contribution in [0.2, 0.25) is 0 Å². The second-order valence-electron chi connectivity index (χ2n) is 2.74. The van der Waals surface area contributed by atoms with Crippen LogP contribution in [0.3, 0.4) is 0 Å². The van der Waals surface area contributed by atoms with Crippen molar-refractivity contribution in [3.05, 3.63) is 12.4 Å². The van der Waals surface area contributed by atoms with Gasteiger partial charge in [0.15, 0.2) is 0 Å². The summed E-state index contributed by atoms with van der Waals surface area (Å²) in [6.07, 6.45) is 4.45. The third-order valence-corrected chi connectivity index (χ3v) is 2.14. The maximum Gasteiger partial charge on any atom is 0.522 e. The number of rotatable bonds is 0. The van der Waals surface area contributed by atoms with E-state index in [0.717, 1.165) is 0 Å². The van der Waals surface area contributed by atoms with Gasteiger partial charge in [-0.1, -0.05) is 0 Å². The summed E-state index contributed by atoms with van der Waals surface area (Å²) in [6.45, 7) is 2.11. The van der Waals surface area contributed by atoms with Crippen LogP contribution < -0.4 is 5.32 Å². The second-order valence-corrected chi connectivity index (χ2v) is 4.16. The molecular weight excluding hydrogens is 237 g/mol. The molecule has 90 valence electrons. The number of halogens is 3. The normalized spacial score (nSPS) is 20.7. The molecule has 0 saturated heterocycles. The lowest BCUT2D eigenvalue weighted by Crippen LogP contribution is -2.28. The first-order chi connectivity index (χ1) is 6.55. The molecule has 1 atom stereocenters. The van der Waals surface area contributed by atoms with Gasteiger partial charge >= 0.3 is 15.6 Å². The minimum Gasteiger partial charge on any atom is -0.370 e. The first-order valence-electron chi connectivity index (χ1n) is 3.74. The quantitative estimate of drug-likeness (QED) is 0.488. The van der Waals surface area contributed by atoms with Crippen molar-refractivity contribution in [2.45, 2.75) is 18.6 Å². The molecule has 1 unspecified atom stereocenters. The van der Waals surface area contributed by atoms with E-state index in [0.29, 0.717) is 6.17 Å². The van der Waals surface area contributed by atoms with E-state index >= 15 is 0 Å². The molecule has 1 aliphatic rings. The molecule has 15 heavy (non-hydrogen) atoms. The van der Waals surface area contributed by atoms with Gasteiger partial charge < -0.3 is 10.2 Å². The highest BCUT2D eigenvalue weighted by molar-refractivity contribution is 7.86. The molecule has 0 bridgehead atoms. The van der Waals surface area contributed by atoms with Crippen molar-refractivity contribution in [3.63, 3.8) is 0 Å². The van der Waals surface area contributed by atoms with Gasteiger partial charge in [-0.05, 0) is 6.92 Å². The Morgan fingerprint density at radius 1 is 1.47 bits per heavy atom. The average Bonchev–Trinajstić information content (AvgIpc) is 2.33. The van der Waals surface area contributed by atoms with Gasteiger partial charge in [-0.25, -0.2) is 0 Å². The van der Waals surface area contributed by atoms with Crippen LogP contribution in [-0.2, 0) is 10.1 Å². The number of alkyl halides is 3. The van der Waals surface area contributed by atoms with Crippen LogP contribution in [0.1, 0.15) is 6.92 Å². The molecule has 0 saturated carbocycles. The van der Waals surface area contributed by atoms with Crippen LogP contribution in [0.4, 0.5) is 13.2 Å². The molecule has 5 nitrogen and oxygen atoms in total. The first-order valence-corrected chi connectivity index (χ1v) is 5.18. The third kappa shape index (κ3) is 4.88. The predicted octanol–water partition coefficient (Wildman–Crippen LogP) is 0.733. The van der Waals surface area contributed by atoms with E-state index in [9.17, 15) is 13.2 Å². The van der Waals surface area contributed by atoms with Gasteiger partial charge in [-0.2, -0.15) is 21.6 Å². The van der Waals surface area contributed by atoms with Crippen molar-refractivity contribution in [1.82, 2.24) is 10.2 Å². The Hall–Kier alpha value is -0.960. The van der Waals surface area contributed by atoms with Gasteiger partial charge in [0.1, 0.15) is 0 Å². The van der Waals surface area contributed by atoms with Crippen molar-refractivity contribution in [1.29, 1.82) is 0 Å². The molecule has 0 amide bonds. The van der Waals surface area contributed by atoms with Gasteiger partial charge in [-0.15, -0.1) is 0 Å². The van der Waals surface area contributed by atoms with Crippen LogP contribution in [-0.4, -0.2) is 36.6 Å². The van der Waals surface area contributed by atoms with E-state index in [1.807, 2.05) is 19.4 Å². The van der Waals surface area contributed by atoms with E-state index < -0.39 is 15.6 Å². The Morgan fingerprint density at radius 3 is 1.93 bits per heavy atom. The van der Waals surface area contributed by atoms with Gasteiger partial charge in [-0.3, -0.25) is 4.55 Å². The molecule has 0 aromatic carbocycles. The van der Waals surface area contributed by atoms with Crippen molar-refractivity contribution in [3.8, 4) is 0 Å². The van der Waals surface area contributed by atoms with Crippen LogP contribution in [0, 0.1) is 0 Å². The lowest BCUT2D eigenvalue weighted by molar-refractivity contribution is -0.0510. The van der Waals surface area contributed by atoms with Crippen LogP contribution >= 0.6 is 0 Å². The molecule has 2 N–H and O–H groups in total. The molecule has 0 spiro atoms. The van der Waals surface area contributed by atoms with Crippen LogP contribution in [0.25, 0.3) is 0 Å². The van der Waals surface area contributed by atoms with E-state index in [4.69, 9.17) is 13.0 Å². The maximum atomic E-state index is 10.7. The van der Waals surface area contributed by atoms with E-state index in [1.165, 1.54) is 0 Å². The number of hydrogen-bond acceptors (Lipinski definition) is 4. The highest BCUT2D eigenvalue weighted by atomic mass is 32.2. The largest absolute Gasteiger partial charge is 0.522 e. The fourth-order valence-electron chi connectivity index (χ4n) is 0.547. The van der Waals surface area contributed by atoms with Crippen LogP contribution in [0.15, 0.2) is 12.4 Å². The zero-order valence-corrected chi connectivity index (χ0v) is 8.80. The smallest absolute Gasteiger partial charge is 0.370 e. The molecule has 0 aromatic rings. The highest BCUT2D eigenvalue weighted by Gasteiger charge is 2.44. The third-order valence-electron chi connectivity index (χ3n) is 1.55. The summed E-state index contributed by atoms with van der Waals surface area (Å²) in [4.78, 5) is 2.11. The maximum absolute atomic E-state index is 10.7. The molecule has 0 radical (unpaired) electrons. The minimum atomic E-state index is -5.84. The Kier molecular flexibility index (Phi) is 4.41. The Bertz CT molecular complexity index is 325. The molecule has 1 rings (SSSR count). The topological polar surface area (TPSA) is 69.6 Å². The average molecular weight is 248 g/mol. The second kappa shape index (κ2) is 4.71. The fourth-order valence-corrected chi connectivity index (χ4v) is 0.547. The Labute approximate surface area is 85.3 Å². The predicted molar refractivity (Wildman–Crippen MR) is 47.1 cm³/mol. The molecule has 9 heteroatoms. The SMILES string of the molecule is CC1NC=CN1C.O=S(=O)(O)C(F)(F)F. The molecule has 0 fully saturated rings. The Morgan fingerprint density at radius 2 is 1.87 bits per heavy atom. The monoisotopic (exact) mass is 248 g/mol. The molecule has 1 heterocycles. The summed E-state index contributed by atoms with van der Waals surface area (Å²) >= 11 is 0. The molecule has 0 aliphatic carbocycles. The first kappa shape index (κ1) is 14.0. The van der Waals surface area contributed by atoms with Crippen molar-refractivity contribution < 1.29 is 26.1 Å². The number of nitrogens with one attached hydrogen (secondary N) is 1. The molecular formula is C6H11F3N2O3S. The van der Waals surface area contributed by atoms with Gasteiger partial charge in [0.2, 0.25) is 0 Å². The lowest BCUT2D eigenvalue weighted by Gasteiger charge is -2.14. The van der Waals surface area contributed by atoms with Crippen molar-refractivity contribution >= 4 is 10.1 Å². The van der Waals surface area contributed by atoms with Crippen LogP contribution in [0.5, 0.6) is 0 Å². The van der Waals surface area contributed by atoms with E-state index in [-0.39, 0.29) is 0 Å². The summed E-state index contributed by atoms with van der Waals surface area (Å²) in [5, 5.41) is 3.11. The van der Waals surface area contributed by atoms with Crippen molar-refractivity contribution in [2.75, 3.05) is 7.05 Å². The Balaban J connectivity index is 0.000000262.